The molecule has 0 aliphatic rings. The molecule has 3 aromatic carbocycles. The fourth-order valence-corrected chi connectivity index (χ4v) is 4.91. The average molecular weight is 452 g/mol. The standard InChI is InChI=1S/C26H21N5OS/c1-2-15-30-24(32)22-9-5-6-10-23(22)31-25(30)28-29-26(31)33-17-18-11-13-19(14-12-18)21-8-4-3-7-20(21)16-27/h3-14H,2,15,17H2,1H3. The predicted octanol–water partition coefficient (Wildman–Crippen LogP) is 5.29. The number of fused-ring (bicyclic) bond motifs is 3. The van der Waals surface area contributed by atoms with Gasteiger partial charge in [-0.15, -0.1) is 10.2 Å². The molecule has 0 aliphatic heterocycles. The lowest BCUT2D eigenvalue weighted by Gasteiger charge is -2.10. The first kappa shape index (κ1) is 21.0. The molecule has 33 heavy (non-hydrogen) atoms. The van der Waals surface area contributed by atoms with Gasteiger partial charge in [-0.05, 0) is 41.3 Å². The van der Waals surface area contributed by atoms with Gasteiger partial charge >= 0.3 is 0 Å². The van der Waals surface area contributed by atoms with Gasteiger partial charge in [-0.25, -0.2) is 0 Å². The fourth-order valence-electron chi connectivity index (χ4n) is 4.01. The van der Waals surface area contributed by atoms with Crippen molar-refractivity contribution in [2.24, 2.45) is 0 Å². The van der Waals surface area contributed by atoms with E-state index in [0.29, 0.717) is 29.0 Å². The third kappa shape index (κ3) is 3.79. The van der Waals surface area contributed by atoms with Crippen molar-refractivity contribution in [3.63, 3.8) is 0 Å². The van der Waals surface area contributed by atoms with Gasteiger partial charge in [-0.2, -0.15) is 5.26 Å². The van der Waals surface area contributed by atoms with Crippen LogP contribution in [-0.4, -0.2) is 19.2 Å². The molecular formula is C26H21N5OS. The van der Waals surface area contributed by atoms with E-state index in [0.717, 1.165) is 33.8 Å². The maximum absolute atomic E-state index is 13.0. The van der Waals surface area contributed by atoms with Crippen LogP contribution in [0.15, 0.2) is 82.7 Å². The van der Waals surface area contributed by atoms with Crippen molar-refractivity contribution in [2.75, 3.05) is 0 Å². The second-order valence-electron chi connectivity index (χ2n) is 7.73. The van der Waals surface area contributed by atoms with E-state index in [1.54, 1.807) is 16.3 Å². The molecule has 0 fully saturated rings. The van der Waals surface area contributed by atoms with Gasteiger partial charge < -0.3 is 0 Å². The minimum Gasteiger partial charge on any atom is -0.276 e. The van der Waals surface area contributed by atoms with Crippen LogP contribution in [0.25, 0.3) is 27.8 Å². The zero-order valence-corrected chi connectivity index (χ0v) is 18.9. The first-order valence-corrected chi connectivity index (χ1v) is 11.8. The first-order chi connectivity index (χ1) is 16.2. The molecule has 5 aromatic rings. The Balaban J connectivity index is 1.47. The minimum absolute atomic E-state index is 0.0304. The van der Waals surface area contributed by atoms with Crippen LogP contribution in [-0.2, 0) is 12.3 Å². The number of thioether (sulfide) groups is 1. The lowest BCUT2D eigenvalue weighted by molar-refractivity contribution is 0.662. The number of hydrogen-bond acceptors (Lipinski definition) is 5. The molecule has 2 aromatic heterocycles. The van der Waals surface area contributed by atoms with Gasteiger partial charge in [0.2, 0.25) is 5.78 Å². The van der Waals surface area contributed by atoms with E-state index >= 15 is 0 Å². The molecule has 0 saturated carbocycles. The number of aryl methyl sites for hydroxylation is 1. The molecule has 162 valence electrons. The molecule has 0 bridgehead atoms. The predicted molar refractivity (Wildman–Crippen MR) is 131 cm³/mol. The van der Waals surface area contributed by atoms with Crippen molar-refractivity contribution in [3.8, 4) is 17.2 Å². The minimum atomic E-state index is -0.0304. The van der Waals surface area contributed by atoms with Crippen molar-refractivity contribution >= 4 is 28.4 Å². The Hall–Kier alpha value is -3.89. The molecule has 5 rings (SSSR count). The number of para-hydroxylation sites is 1. The highest BCUT2D eigenvalue weighted by Crippen LogP contribution is 2.27. The van der Waals surface area contributed by atoms with Crippen molar-refractivity contribution < 1.29 is 0 Å². The third-order valence-electron chi connectivity index (χ3n) is 5.61. The number of nitriles is 1. The van der Waals surface area contributed by atoms with E-state index in [9.17, 15) is 10.1 Å². The van der Waals surface area contributed by atoms with E-state index in [-0.39, 0.29) is 5.56 Å². The van der Waals surface area contributed by atoms with E-state index in [2.05, 4.69) is 28.4 Å². The van der Waals surface area contributed by atoms with Gasteiger partial charge in [-0.1, -0.05) is 73.3 Å². The molecular weight excluding hydrogens is 430 g/mol. The summed E-state index contributed by atoms with van der Waals surface area (Å²) in [4.78, 5) is 13.0. The summed E-state index contributed by atoms with van der Waals surface area (Å²) in [6.07, 6.45) is 0.838. The van der Waals surface area contributed by atoms with Gasteiger partial charge in [-0.3, -0.25) is 13.8 Å². The summed E-state index contributed by atoms with van der Waals surface area (Å²) < 4.78 is 3.69. The number of benzene rings is 3. The second-order valence-corrected chi connectivity index (χ2v) is 8.68. The van der Waals surface area contributed by atoms with Crippen LogP contribution in [0.3, 0.4) is 0 Å². The van der Waals surface area contributed by atoms with Crippen molar-refractivity contribution in [1.82, 2.24) is 19.2 Å². The largest absolute Gasteiger partial charge is 0.276 e. The van der Waals surface area contributed by atoms with Crippen molar-refractivity contribution in [2.45, 2.75) is 30.8 Å². The summed E-state index contributed by atoms with van der Waals surface area (Å²) in [5.41, 5.74) is 4.55. The summed E-state index contributed by atoms with van der Waals surface area (Å²) in [5.74, 6) is 1.29. The quantitative estimate of drug-likeness (QED) is 0.328. The van der Waals surface area contributed by atoms with E-state index in [4.69, 9.17) is 0 Å². The molecule has 0 unspecified atom stereocenters. The monoisotopic (exact) mass is 451 g/mol. The Bertz CT molecular complexity index is 1560. The lowest BCUT2D eigenvalue weighted by Crippen LogP contribution is -2.23. The second kappa shape index (κ2) is 8.93. The van der Waals surface area contributed by atoms with Gasteiger partial charge in [0.1, 0.15) is 0 Å². The van der Waals surface area contributed by atoms with Crippen LogP contribution in [0.2, 0.25) is 0 Å². The molecule has 6 nitrogen and oxygen atoms in total. The molecule has 0 amide bonds. The van der Waals surface area contributed by atoms with Crippen molar-refractivity contribution in [1.29, 1.82) is 5.26 Å². The Kier molecular flexibility index (Phi) is 5.68. The number of hydrogen-bond donors (Lipinski definition) is 0. The summed E-state index contributed by atoms with van der Waals surface area (Å²) in [6, 6.07) is 25.7. The zero-order valence-electron chi connectivity index (χ0n) is 18.1. The highest BCUT2D eigenvalue weighted by molar-refractivity contribution is 7.98. The molecule has 0 N–H and O–H groups in total. The average Bonchev–Trinajstić information content (AvgIpc) is 3.29. The Morgan fingerprint density at radius 2 is 1.73 bits per heavy atom. The number of aromatic nitrogens is 4. The topological polar surface area (TPSA) is 76.0 Å². The van der Waals surface area contributed by atoms with Gasteiger partial charge in [0.25, 0.3) is 5.56 Å². The highest BCUT2D eigenvalue weighted by atomic mass is 32.2. The Morgan fingerprint density at radius 3 is 2.52 bits per heavy atom. The molecule has 0 aliphatic carbocycles. The lowest BCUT2D eigenvalue weighted by atomic mass is 10.00. The fraction of sp³-hybridized carbons (Fsp3) is 0.154. The molecule has 0 radical (unpaired) electrons. The van der Waals surface area contributed by atoms with E-state index < -0.39 is 0 Å². The van der Waals surface area contributed by atoms with Crippen LogP contribution in [0.5, 0.6) is 0 Å². The Morgan fingerprint density at radius 1 is 0.970 bits per heavy atom. The summed E-state index contributed by atoms with van der Waals surface area (Å²) >= 11 is 1.59. The van der Waals surface area contributed by atoms with Gasteiger partial charge in [0.05, 0.1) is 22.5 Å². The molecule has 0 saturated heterocycles. The highest BCUT2D eigenvalue weighted by Gasteiger charge is 2.16. The van der Waals surface area contributed by atoms with Crippen LogP contribution in [0.4, 0.5) is 0 Å². The smallest absolute Gasteiger partial charge is 0.262 e. The molecule has 7 heteroatoms. The van der Waals surface area contributed by atoms with Crippen LogP contribution in [0, 0.1) is 11.3 Å². The van der Waals surface area contributed by atoms with Gasteiger partial charge in [0, 0.05) is 12.3 Å². The zero-order chi connectivity index (χ0) is 22.8. The van der Waals surface area contributed by atoms with Gasteiger partial charge in [0.15, 0.2) is 5.16 Å². The summed E-state index contributed by atoms with van der Waals surface area (Å²) in [6.45, 7) is 2.64. The van der Waals surface area contributed by atoms with Crippen LogP contribution >= 0.6 is 11.8 Å². The van der Waals surface area contributed by atoms with E-state index in [1.165, 1.54) is 0 Å². The van der Waals surface area contributed by atoms with Crippen molar-refractivity contribution in [3.05, 3.63) is 94.3 Å². The summed E-state index contributed by atoms with van der Waals surface area (Å²) in [5, 5.41) is 19.6. The Labute approximate surface area is 195 Å². The first-order valence-electron chi connectivity index (χ1n) is 10.8. The molecule has 0 spiro atoms. The normalized spacial score (nSPS) is 11.2. The SMILES string of the molecule is CCCn1c(=O)c2ccccc2n2c(SCc3ccc(-c4ccccc4C#N)cc3)nnc12. The summed E-state index contributed by atoms with van der Waals surface area (Å²) in [7, 11) is 0. The third-order valence-corrected chi connectivity index (χ3v) is 6.61. The maximum Gasteiger partial charge on any atom is 0.262 e. The molecule has 2 heterocycles. The van der Waals surface area contributed by atoms with Crippen LogP contribution < -0.4 is 5.56 Å². The maximum atomic E-state index is 13.0. The van der Waals surface area contributed by atoms with Crippen LogP contribution in [0.1, 0.15) is 24.5 Å². The number of nitrogens with zero attached hydrogens (tertiary/aromatic N) is 5. The van der Waals surface area contributed by atoms with E-state index in [1.807, 2.05) is 72.0 Å². The molecule has 0 atom stereocenters. The number of rotatable bonds is 6.